The second kappa shape index (κ2) is 8.52. The predicted molar refractivity (Wildman–Crippen MR) is 91.0 cm³/mol. The summed E-state index contributed by atoms with van der Waals surface area (Å²) >= 11 is 0. The van der Waals surface area contributed by atoms with Crippen LogP contribution in [0, 0.1) is 5.92 Å². The Morgan fingerprint density at radius 2 is 1.86 bits per heavy atom. The highest BCUT2D eigenvalue weighted by Gasteiger charge is 2.09. The van der Waals surface area contributed by atoms with Crippen molar-refractivity contribution in [3.8, 4) is 17.0 Å². The second-order valence-corrected chi connectivity index (χ2v) is 5.83. The molecule has 0 bridgehead atoms. The smallest absolute Gasteiger partial charge is 0.128 e. The molecule has 0 amide bonds. The first-order valence-corrected chi connectivity index (χ1v) is 8.29. The van der Waals surface area contributed by atoms with Gasteiger partial charge in [-0.3, -0.25) is 0 Å². The van der Waals surface area contributed by atoms with Crippen LogP contribution in [0.2, 0.25) is 0 Å². The third-order valence-corrected chi connectivity index (χ3v) is 3.89. The second-order valence-electron chi connectivity index (χ2n) is 5.83. The molecule has 0 spiro atoms. The van der Waals surface area contributed by atoms with Crippen molar-refractivity contribution in [3.63, 3.8) is 0 Å². The van der Waals surface area contributed by atoms with Crippen LogP contribution in [-0.2, 0) is 6.42 Å². The Kier molecular flexibility index (Phi) is 6.38. The Morgan fingerprint density at radius 3 is 2.55 bits per heavy atom. The first-order chi connectivity index (χ1) is 10.7. The zero-order valence-electron chi connectivity index (χ0n) is 13.9. The number of unbranched alkanes of at least 4 members (excludes halogenated alkanes) is 1. The van der Waals surface area contributed by atoms with E-state index in [1.165, 1.54) is 6.42 Å². The van der Waals surface area contributed by atoms with E-state index in [-0.39, 0.29) is 0 Å². The van der Waals surface area contributed by atoms with Crippen molar-refractivity contribution in [2.75, 3.05) is 6.61 Å². The van der Waals surface area contributed by atoms with E-state index in [4.69, 9.17) is 4.74 Å². The highest BCUT2D eigenvalue weighted by atomic mass is 16.5. The lowest BCUT2D eigenvalue weighted by Crippen LogP contribution is -2.08. The molecule has 2 aromatic rings. The Balaban J connectivity index is 2.14. The van der Waals surface area contributed by atoms with E-state index in [0.717, 1.165) is 48.6 Å². The number of aryl methyl sites for hydroxylation is 1. The molecule has 1 heterocycles. The minimum atomic E-state index is 0.551. The number of aromatic nitrogens is 2. The van der Waals surface area contributed by atoms with Crippen molar-refractivity contribution in [3.05, 3.63) is 42.1 Å². The molecule has 3 nitrogen and oxygen atoms in total. The van der Waals surface area contributed by atoms with Crippen LogP contribution in [0.4, 0.5) is 0 Å². The van der Waals surface area contributed by atoms with Gasteiger partial charge in [-0.2, -0.15) is 10.2 Å². The minimum Gasteiger partial charge on any atom is -0.493 e. The van der Waals surface area contributed by atoms with Gasteiger partial charge in [0.25, 0.3) is 0 Å². The fourth-order valence-electron chi connectivity index (χ4n) is 2.15. The summed E-state index contributed by atoms with van der Waals surface area (Å²) < 4.78 is 5.97. The summed E-state index contributed by atoms with van der Waals surface area (Å²) in [5, 5.41) is 8.72. The average molecular weight is 298 g/mol. The topological polar surface area (TPSA) is 35.0 Å². The summed E-state index contributed by atoms with van der Waals surface area (Å²) in [6, 6.07) is 12.2. The largest absolute Gasteiger partial charge is 0.493 e. The molecule has 0 aliphatic heterocycles. The Hall–Kier alpha value is -1.90. The highest BCUT2D eigenvalue weighted by Crippen LogP contribution is 2.28. The van der Waals surface area contributed by atoms with E-state index >= 15 is 0 Å². The first kappa shape index (κ1) is 16.5. The molecule has 0 aliphatic carbocycles. The van der Waals surface area contributed by atoms with Gasteiger partial charge in [-0.05, 0) is 43.0 Å². The van der Waals surface area contributed by atoms with E-state index in [0.29, 0.717) is 5.92 Å². The van der Waals surface area contributed by atoms with Crippen molar-refractivity contribution in [1.29, 1.82) is 0 Å². The third kappa shape index (κ3) is 4.55. The molecule has 118 valence electrons. The van der Waals surface area contributed by atoms with Crippen molar-refractivity contribution in [2.45, 2.75) is 46.5 Å². The molecule has 22 heavy (non-hydrogen) atoms. The molecule has 1 atom stereocenters. The summed E-state index contributed by atoms with van der Waals surface area (Å²) in [5.41, 5.74) is 2.95. The van der Waals surface area contributed by atoms with Crippen LogP contribution in [-0.4, -0.2) is 16.8 Å². The zero-order valence-corrected chi connectivity index (χ0v) is 13.9. The van der Waals surface area contributed by atoms with Crippen LogP contribution in [0.1, 0.15) is 45.7 Å². The molecule has 0 N–H and O–H groups in total. The molecule has 1 aromatic carbocycles. The number of benzene rings is 1. The third-order valence-electron chi connectivity index (χ3n) is 3.89. The van der Waals surface area contributed by atoms with Gasteiger partial charge in [0.15, 0.2) is 0 Å². The van der Waals surface area contributed by atoms with E-state index in [1.54, 1.807) is 0 Å². The normalized spacial score (nSPS) is 12.1. The zero-order chi connectivity index (χ0) is 15.8. The maximum absolute atomic E-state index is 5.97. The number of para-hydroxylation sites is 1. The molecule has 0 radical (unpaired) electrons. The van der Waals surface area contributed by atoms with E-state index in [9.17, 15) is 0 Å². The average Bonchev–Trinajstić information content (AvgIpc) is 2.58. The number of nitrogens with zero attached hydrogens (tertiary/aromatic N) is 2. The monoisotopic (exact) mass is 298 g/mol. The molecule has 0 aliphatic rings. The van der Waals surface area contributed by atoms with Gasteiger partial charge in [0.1, 0.15) is 5.75 Å². The Morgan fingerprint density at radius 1 is 1.05 bits per heavy atom. The lowest BCUT2D eigenvalue weighted by atomic mass is 10.1. The lowest BCUT2D eigenvalue weighted by Gasteiger charge is -2.14. The molecule has 1 aromatic heterocycles. The molecular formula is C19H26N2O. The van der Waals surface area contributed by atoms with Crippen molar-refractivity contribution >= 4 is 0 Å². The van der Waals surface area contributed by atoms with Crippen LogP contribution in [0.25, 0.3) is 11.3 Å². The number of hydrogen-bond donors (Lipinski definition) is 0. The minimum absolute atomic E-state index is 0.551. The SMILES string of the molecule is CCCCc1ccc(-c2ccccc2OCC(C)CC)nn1. The molecule has 0 fully saturated rings. The van der Waals surface area contributed by atoms with Crippen LogP contribution in [0.3, 0.4) is 0 Å². The predicted octanol–water partition coefficient (Wildman–Crippen LogP) is 4.91. The molecule has 0 saturated carbocycles. The first-order valence-electron chi connectivity index (χ1n) is 8.29. The summed E-state index contributed by atoms with van der Waals surface area (Å²) in [6.45, 7) is 7.30. The van der Waals surface area contributed by atoms with Gasteiger partial charge in [0.05, 0.1) is 18.0 Å². The number of rotatable bonds is 8. The van der Waals surface area contributed by atoms with Gasteiger partial charge in [0, 0.05) is 5.56 Å². The van der Waals surface area contributed by atoms with Gasteiger partial charge in [0.2, 0.25) is 0 Å². The summed E-state index contributed by atoms with van der Waals surface area (Å²) in [7, 11) is 0. The summed E-state index contributed by atoms with van der Waals surface area (Å²) in [6.07, 6.45) is 4.45. The molecule has 1 unspecified atom stereocenters. The van der Waals surface area contributed by atoms with Crippen LogP contribution in [0.5, 0.6) is 5.75 Å². The van der Waals surface area contributed by atoms with Gasteiger partial charge < -0.3 is 4.74 Å². The highest BCUT2D eigenvalue weighted by molar-refractivity contribution is 5.66. The molecule has 0 saturated heterocycles. The van der Waals surface area contributed by atoms with Crippen molar-refractivity contribution < 1.29 is 4.74 Å². The van der Waals surface area contributed by atoms with Crippen LogP contribution < -0.4 is 4.74 Å². The Labute approximate surface area is 133 Å². The maximum atomic E-state index is 5.97. The molecule has 3 heteroatoms. The van der Waals surface area contributed by atoms with E-state index in [2.05, 4.69) is 37.0 Å². The van der Waals surface area contributed by atoms with Gasteiger partial charge in [-0.25, -0.2) is 0 Å². The summed E-state index contributed by atoms with van der Waals surface area (Å²) in [5.74, 6) is 1.44. The van der Waals surface area contributed by atoms with Crippen LogP contribution >= 0.6 is 0 Å². The number of ether oxygens (including phenoxy) is 1. The Bertz CT molecular complexity index is 566. The fraction of sp³-hybridized carbons (Fsp3) is 0.474. The maximum Gasteiger partial charge on any atom is 0.128 e. The molecular weight excluding hydrogens is 272 g/mol. The standard InChI is InChI=1S/C19H26N2O/c1-4-6-9-16-12-13-18(21-20-16)17-10-7-8-11-19(17)22-14-15(3)5-2/h7-8,10-13,15H,4-6,9,14H2,1-3H3. The van der Waals surface area contributed by atoms with Crippen molar-refractivity contribution in [1.82, 2.24) is 10.2 Å². The van der Waals surface area contributed by atoms with E-state index in [1.807, 2.05) is 30.3 Å². The van der Waals surface area contributed by atoms with E-state index < -0.39 is 0 Å². The molecule has 2 rings (SSSR count). The van der Waals surface area contributed by atoms with Gasteiger partial charge in [-0.15, -0.1) is 0 Å². The van der Waals surface area contributed by atoms with Crippen LogP contribution in [0.15, 0.2) is 36.4 Å². The fourth-order valence-corrected chi connectivity index (χ4v) is 2.15. The van der Waals surface area contributed by atoms with Gasteiger partial charge >= 0.3 is 0 Å². The summed E-state index contributed by atoms with van der Waals surface area (Å²) in [4.78, 5) is 0. The van der Waals surface area contributed by atoms with Gasteiger partial charge in [-0.1, -0.05) is 45.7 Å². The number of hydrogen-bond acceptors (Lipinski definition) is 3. The quantitative estimate of drug-likeness (QED) is 0.694. The lowest BCUT2D eigenvalue weighted by molar-refractivity contribution is 0.257. The van der Waals surface area contributed by atoms with Crippen molar-refractivity contribution in [2.24, 2.45) is 5.92 Å².